The van der Waals surface area contributed by atoms with Crippen LogP contribution in [0.15, 0.2) is 18.2 Å². The molecule has 4 heteroatoms. The maximum atomic E-state index is 13.3. The molecular formula is C13H14FNO2. The molecular weight excluding hydrogens is 221 g/mol. The molecule has 0 unspecified atom stereocenters. The highest BCUT2D eigenvalue weighted by Gasteiger charge is 2.00. The van der Waals surface area contributed by atoms with E-state index in [0.29, 0.717) is 17.7 Å². The normalized spacial score (nSPS) is 9.35. The first kappa shape index (κ1) is 13.2. The summed E-state index contributed by atoms with van der Waals surface area (Å²) in [6.07, 6.45) is 0.00804. The minimum Gasteiger partial charge on any atom is -0.465 e. The van der Waals surface area contributed by atoms with E-state index in [0.717, 1.165) is 0 Å². The lowest BCUT2D eigenvalue weighted by atomic mass is 10.1. The first-order valence-electron chi connectivity index (χ1n) is 5.30. The summed E-state index contributed by atoms with van der Waals surface area (Å²) in [6.45, 7) is 2.22. The molecule has 0 aromatic heterocycles. The van der Waals surface area contributed by atoms with Crippen LogP contribution >= 0.6 is 0 Å². The van der Waals surface area contributed by atoms with Crippen LogP contribution < -0.4 is 5.73 Å². The molecule has 0 saturated heterocycles. The average Bonchev–Trinajstić information content (AvgIpc) is 2.29. The summed E-state index contributed by atoms with van der Waals surface area (Å²) in [5, 5.41) is 0. The van der Waals surface area contributed by atoms with E-state index in [2.05, 4.69) is 11.8 Å². The Morgan fingerprint density at radius 2 is 2.29 bits per heavy atom. The monoisotopic (exact) mass is 235 g/mol. The average molecular weight is 235 g/mol. The lowest BCUT2D eigenvalue weighted by Crippen LogP contribution is -2.01. The van der Waals surface area contributed by atoms with Crippen molar-refractivity contribution in [3.8, 4) is 11.8 Å². The Morgan fingerprint density at radius 3 is 2.88 bits per heavy atom. The van der Waals surface area contributed by atoms with Crippen LogP contribution in [0.1, 0.15) is 24.5 Å². The van der Waals surface area contributed by atoms with E-state index in [1.807, 2.05) is 0 Å². The van der Waals surface area contributed by atoms with Crippen LogP contribution in [-0.2, 0) is 16.1 Å². The quantitative estimate of drug-likeness (QED) is 0.639. The number of carbonyl (C=O) groups is 1. The molecule has 1 rings (SSSR count). The van der Waals surface area contributed by atoms with Crippen molar-refractivity contribution in [3.63, 3.8) is 0 Å². The lowest BCUT2D eigenvalue weighted by Gasteiger charge is -1.99. The molecule has 0 spiro atoms. The van der Waals surface area contributed by atoms with E-state index >= 15 is 0 Å². The summed E-state index contributed by atoms with van der Waals surface area (Å²) in [4.78, 5) is 11.0. The Balaban J connectivity index is 2.66. The zero-order chi connectivity index (χ0) is 12.7. The SMILES string of the molecule is CCOC(=O)CC#Cc1ccc(CN)c(F)c1. The summed E-state index contributed by atoms with van der Waals surface area (Å²) in [5.74, 6) is 4.57. The van der Waals surface area contributed by atoms with Gasteiger partial charge in [-0.15, -0.1) is 0 Å². The Hall–Kier alpha value is -1.86. The minimum absolute atomic E-state index is 0.00804. The fourth-order valence-corrected chi connectivity index (χ4v) is 1.22. The predicted octanol–water partition coefficient (Wildman–Crippen LogP) is 1.59. The smallest absolute Gasteiger partial charge is 0.317 e. The number of esters is 1. The third-order valence-electron chi connectivity index (χ3n) is 2.04. The Kier molecular flexibility index (Phi) is 5.18. The van der Waals surface area contributed by atoms with Gasteiger partial charge in [0.2, 0.25) is 0 Å². The molecule has 3 nitrogen and oxygen atoms in total. The highest BCUT2D eigenvalue weighted by molar-refractivity contribution is 5.72. The molecule has 1 aromatic carbocycles. The molecule has 90 valence electrons. The Bertz CT molecular complexity index is 460. The molecule has 0 heterocycles. The number of hydrogen-bond donors (Lipinski definition) is 1. The summed E-state index contributed by atoms with van der Waals surface area (Å²) in [7, 11) is 0. The van der Waals surface area contributed by atoms with Gasteiger partial charge in [-0.1, -0.05) is 17.9 Å². The molecule has 0 amide bonds. The van der Waals surface area contributed by atoms with E-state index in [4.69, 9.17) is 10.5 Å². The maximum absolute atomic E-state index is 13.3. The largest absolute Gasteiger partial charge is 0.465 e. The molecule has 0 saturated carbocycles. The van der Waals surface area contributed by atoms with Gasteiger partial charge in [-0.3, -0.25) is 4.79 Å². The predicted molar refractivity (Wildman–Crippen MR) is 62.4 cm³/mol. The van der Waals surface area contributed by atoms with E-state index < -0.39 is 0 Å². The maximum Gasteiger partial charge on any atom is 0.317 e. The van der Waals surface area contributed by atoms with Crippen LogP contribution in [0, 0.1) is 17.7 Å². The van der Waals surface area contributed by atoms with Crippen LogP contribution in [-0.4, -0.2) is 12.6 Å². The van der Waals surface area contributed by atoms with Crippen molar-refractivity contribution < 1.29 is 13.9 Å². The van der Waals surface area contributed by atoms with Crippen molar-refractivity contribution >= 4 is 5.97 Å². The first-order valence-corrected chi connectivity index (χ1v) is 5.30. The van der Waals surface area contributed by atoms with Gasteiger partial charge in [-0.05, 0) is 19.1 Å². The van der Waals surface area contributed by atoms with Crippen LogP contribution in [0.25, 0.3) is 0 Å². The van der Waals surface area contributed by atoms with Gasteiger partial charge in [0, 0.05) is 17.7 Å². The second-order valence-electron chi connectivity index (χ2n) is 3.29. The summed E-state index contributed by atoms with van der Waals surface area (Å²) >= 11 is 0. The fourth-order valence-electron chi connectivity index (χ4n) is 1.22. The summed E-state index contributed by atoms with van der Waals surface area (Å²) in [5.41, 5.74) is 6.30. The zero-order valence-corrected chi connectivity index (χ0v) is 9.63. The second kappa shape index (κ2) is 6.66. The van der Waals surface area contributed by atoms with Crippen molar-refractivity contribution in [2.24, 2.45) is 5.73 Å². The van der Waals surface area contributed by atoms with E-state index in [-0.39, 0.29) is 24.8 Å². The summed E-state index contributed by atoms with van der Waals surface area (Å²) < 4.78 is 18.0. The van der Waals surface area contributed by atoms with E-state index in [1.54, 1.807) is 19.1 Å². The highest BCUT2D eigenvalue weighted by Crippen LogP contribution is 2.08. The van der Waals surface area contributed by atoms with Gasteiger partial charge in [0.25, 0.3) is 0 Å². The molecule has 1 aromatic rings. The highest BCUT2D eigenvalue weighted by atomic mass is 19.1. The van der Waals surface area contributed by atoms with Crippen molar-refractivity contribution in [1.82, 2.24) is 0 Å². The molecule has 0 aliphatic heterocycles. The molecule has 2 N–H and O–H groups in total. The Labute approximate surface area is 99.8 Å². The van der Waals surface area contributed by atoms with Crippen molar-refractivity contribution in [2.45, 2.75) is 19.9 Å². The number of benzene rings is 1. The number of nitrogens with two attached hydrogens (primary N) is 1. The molecule has 0 bridgehead atoms. The van der Waals surface area contributed by atoms with Gasteiger partial charge in [-0.2, -0.15) is 0 Å². The molecule has 0 fully saturated rings. The first-order chi connectivity index (χ1) is 8.17. The lowest BCUT2D eigenvalue weighted by molar-refractivity contribution is -0.141. The minimum atomic E-state index is -0.379. The Morgan fingerprint density at radius 1 is 1.53 bits per heavy atom. The van der Waals surface area contributed by atoms with Gasteiger partial charge in [0.1, 0.15) is 12.2 Å². The van der Waals surface area contributed by atoms with Crippen LogP contribution in [0.5, 0.6) is 0 Å². The molecule has 0 radical (unpaired) electrons. The number of ether oxygens (including phenoxy) is 1. The molecule has 0 aliphatic rings. The van der Waals surface area contributed by atoms with E-state index in [9.17, 15) is 9.18 Å². The van der Waals surface area contributed by atoms with Crippen LogP contribution in [0.3, 0.4) is 0 Å². The third kappa shape index (κ3) is 4.25. The number of rotatable bonds is 3. The van der Waals surface area contributed by atoms with Gasteiger partial charge >= 0.3 is 5.97 Å². The topological polar surface area (TPSA) is 52.3 Å². The van der Waals surface area contributed by atoms with Gasteiger partial charge in [0.05, 0.1) is 6.61 Å². The third-order valence-corrected chi connectivity index (χ3v) is 2.04. The van der Waals surface area contributed by atoms with Crippen LogP contribution in [0.2, 0.25) is 0 Å². The van der Waals surface area contributed by atoms with Crippen LogP contribution in [0.4, 0.5) is 4.39 Å². The summed E-state index contributed by atoms with van der Waals surface area (Å²) in [6, 6.07) is 4.56. The molecule has 0 aliphatic carbocycles. The molecule has 0 atom stereocenters. The van der Waals surface area contributed by atoms with E-state index in [1.165, 1.54) is 6.07 Å². The standard InChI is InChI=1S/C13H14FNO2/c1-2-17-13(16)5-3-4-10-6-7-11(9-15)12(14)8-10/h6-8H,2,5,9,15H2,1H3. The fraction of sp³-hybridized carbons (Fsp3) is 0.308. The number of carbonyl (C=O) groups excluding carboxylic acids is 1. The number of halogens is 1. The van der Waals surface area contributed by atoms with Gasteiger partial charge in [0.15, 0.2) is 0 Å². The van der Waals surface area contributed by atoms with Crippen molar-refractivity contribution in [1.29, 1.82) is 0 Å². The number of hydrogen-bond acceptors (Lipinski definition) is 3. The van der Waals surface area contributed by atoms with Crippen molar-refractivity contribution in [3.05, 3.63) is 35.1 Å². The zero-order valence-electron chi connectivity index (χ0n) is 9.63. The van der Waals surface area contributed by atoms with Gasteiger partial charge in [-0.25, -0.2) is 4.39 Å². The molecule has 17 heavy (non-hydrogen) atoms. The van der Waals surface area contributed by atoms with Crippen molar-refractivity contribution in [2.75, 3.05) is 6.61 Å². The second-order valence-corrected chi connectivity index (χ2v) is 3.29. The van der Waals surface area contributed by atoms with Gasteiger partial charge < -0.3 is 10.5 Å².